The van der Waals surface area contributed by atoms with E-state index in [1.807, 2.05) is 28.7 Å². The second kappa shape index (κ2) is 7.06. The highest BCUT2D eigenvalue weighted by Crippen LogP contribution is 2.47. The maximum atomic E-state index is 6.43. The molecule has 3 aromatic rings. The summed E-state index contributed by atoms with van der Waals surface area (Å²) in [5.41, 5.74) is 2.41. The molecule has 0 saturated carbocycles. The summed E-state index contributed by atoms with van der Waals surface area (Å²) in [5, 5.41) is 0. The molecule has 1 aliphatic heterocycles. The molecule has 0 bridgehead atoms. The molecule has 2 aromatic carbocycles. The predicted molar refractivity (Wildman–Crippen MR) is 111 cm³/mol. The van der Waals surface area contributed by atoms with E-state index in [-0.39, 0.29) is 6.10 Å². The van der Waals surface area contributed by atoms with Crippen molar-refractivity contribution in [2.75, 3.05) is 13.1 Å². The lowest BCUT2D eigenvalue weighted by Crippen LogP contribution is -2.25. The third kappa shape index (κ3) is 3.09. The standard InChI is InChI=1S/C20H19BrNOS2/c1-3-22(4-2)20-24-18-15-7-5-6-8-16(15)23-17(19(18)25-20)13-9-11-14(21)12-10-13/h5-12,17H,3-4H2,1-2H3/q+1. The van der Waals surface area contributed by atoms with E-state index in [0.29, 0.717) is 0 Å². The monoisotopic (exact) mass is 432 g/mol. The normalized spacial score (nSPS) is 15.2. The molecular formula is C20H19BrNOS2+. The second-order valence-electron chi connectivity index (χ2n) is 5.88. The highest BCUT2D eigenvalue weighted by Gasteiger charge is 2.31. The first kappa shape index (κ1) is 17.0. The highest BCUT2D eigenvalue weighted by molar-refractivity contribution is 9.10. The Bertz CT molecular complexity index is 966. The van der Waals surface area contributed by atoms with Gasteiger partial charge in [0.1, 0.15) is 18.8 Å². The van der Waals surface area contributed by atoms with E-state index in [0.717, 1.165) is 23.3 Å². The summed E-state index contributed by atoms with van der Waals surface area (Å²) in [4.78, 5) is 2.66. The Morgan fingerprint density at radius 3 is 2.44 bits per heavy atom. The van der Waals surface area contributed by atoms with E-state index in [1.54, 1.807) is 0 Å². The third-order valence-corrected chi connectivity index (χ3v) is 7.73. The molecular weight excluding hydrogens is 414 g/mol. The maximum Gasteiger partial charge on any atom is 0.314 e. The lowest BCUT2D eigenvalue weighted by atomic mass is 10.0. The van der Waals surface area contributed by atoms with E-state index in [1.165, 1.54) is 24.9 Å². The van der Waals surface area contributed by atoms with Crippen molar-refractivity contribution < 1.29 is 4.74 Å². The Labute approximate surface area is 164 Å². The van der Waals surface area contributed by atoms with Crippen LogP contribution >= 0.6 is 38.6 Å². The fraction of sp³-hybridized carbons (Fsp3) is 0.250. The largest absolute Gasteiger partial charge is 0.479 e. The number of rotatable bonds is 3. The van der Waals surface area contributed by atoms with Crippen LogP contribution in [0.2, 0.25) is 0 Å². The molecule has 25 heavy (non-hydrogen) atoms. The first-order valence-electron chi connectivity index (χ1n) is 8.44. The average molecular weight is 433 g/mol. The van der Waals surface area contributed by atoms with Gasteiger partial charge in [0, 0.05) is 10.0 Å². The zero-order valence-electron chi connectivity index (χ0n) is 14.2. The SMILES string of the molecule is CC[N+](CC)=c1sc2c(s1)C(c1ccc(Br)cc1)Oc1ccccc1-2. The van der Waals surface area contributed by atoms with Gasteiger partial charge in [-0.15, -0.1) is 0 Å². The molecule has 0 saturated heterocycles. The lowest BCUT2D eigenvalue weighted by Gasteiger charge is -2.25. The van der Waals surface area contributed by atoms with E-state index >= 15 is 0 Å². The van der Waals surface area contributed by atoms with Gasteiger partial charge < -0.3 is 4.74 Å². The Morgan fingerprint density at radius 1 is 1.00 bits per heavy atom. The van der Waals surface area contributed by atoms with Gasteiger partial charge >= 0.3 is 3.98 Å². The van der Waals surface area contributed by atoms with Crippen molar-refractivity contribution in [3.05, 3.63) is 67.4 Å². The Hall–Kier alpha value is -1.43. The van der Waals surface area contributed by atoms with Gasteiger partial charge in [0.25, 0.3) is 0 Å². The Morgan fingerprint density at radius 2 is 1.72 bits per heavy atom. The highest BCUT2D eigenvalue weighted by atomic mass is 79.9. The number of hydrogen-bond donors (Lipinski definition) is 0. The van der Waals surface area contributed by atoms with Crippen molar-refractivity contribution in [2.45, 2.75) is 20.0 Å². The number of fused-ring (bicyclic) bond motifs is 3. The molecule has 4 rings (SSSR count). The summed E-state index contributed by atoms with van der Waals surface area (Å²) in [5.74, 6) is 0.975. The van der Waals surface area contributed by atoms with Crippen LogP contribution < -0.4 is 13.3 Å². The van der Waals surface area contributed by atoms with Gasteiger partial charge in [-0.2, -0.15) is 0 Å². The molecule has 1 aliphatic rings. The lowest BCUT2D eigenvalue weighted by molar-refractivity contribution is 0.248. The van der Waals surface area contributed by atoms with Crippen molar-refractivity contribution in [2.24, 2.45) is 0 Å². The number of benzene rings is 2. The zero-order valence-corrected chi connectivity index (χ0v) is 17.4. The minimum Gasteiger partial charge on any atom is -0.479 e. The van der Waals surface area contributed by atoms with Crippen LogP contribution in [0.5, 0.6) is 5.75 Å². The number of ether oxygens (including phenoxy) is 1. The van der Waals surface area contributed by atoms with Crippen LogP contribution in [0.25, 0.3) is 10.4 Å². The number of hydrogen-bond acceptors (Lipinski definition) is 3. The summed E-state index contributed by atoms with van der Waals surface area (Å²) in [6.07, 6.45) is -0.0384. The summed E-state index contributed by atoms with van der Waals surface area (Å²) in [6.45, 7) is 6.48. The molecule has 0 aliphatic carbocycles. The summed E-state index contributed by atoms with van der Waals surface area (Å²) < 4.78 is 11.3. The molecule has 1 aromatic heterocycles. The smallest absolute Gasteiger partial charge is 0.314 e. The van der Waals surface area contributed by atoms with Crippen LogP contribution in [-0.2, 0) is 0 Å². The topological polar surface area (TPSA) is 12.2 Å². The van der Waals surface area contributed by atoms with Crippen LogP contribution in [0, 0.1) is 0 Å². The second-order valence-corrected chi connectivity index (χ2v) is 9.09. The van der Waals surface area contributed by atoms with Crippen LogP contribution in [0.3, 0.4) is 0 Å². The van der Waals surface area contributed by atoms with E-state index < -0.39 is 0 Å². The average Bonchev–Trinajstić information content (AvgIpc) is 3.08. The van der Waals surface area contributed by atoms with Gasteiger partial charge in [0.15, 0.2) is 6.10 Å². The van der Waals surface area contributed by atoms with Crippen molar-refractivity contribution in [3.63, 3.8) is 0 Å². The van der Waals surface area contributed by atoms with Crippen LogP contribution in [0.1, 0.15) is 30.4 Å². The molecule has 2 nitrogen and oxygen atoms in total. The third-order valence-electron chi connectivity index (χ3n) is 4.42. The molecule has 128 valence electrons. The molecule has 1 unspecified atom stereocenters. The van der Waals surface area contributed by atoms with Gasteiger partial charge in [0.2, 0.25) is 0 Å². The quantitative estimate of drug-likeness (QED) is 0.495. The molecule has 1 atom stereocenters. The molecule has 5 heteroatoms. The zero-order chi connectivity index (χ0) is 17.4. The van der Waals surface area contributed by atoms with Gasteiger partial charge in [-0.25, -0.2) is 4.58 Å². The molecule has 0 radical (unpaired) electrons. The maximum absolute atomic E-state index is 6.43. The van der Waals surface area contributed by atoms with Crippen LogP contribution in [0.15, 0.2) is 53.0 Å². The number of halogens is 1. The summed E-state index contributed by atoms with van der Waals surface area (Å²) in [6, 6.07) is 16.8. The fourth-order valence-electron chi connectivity index (χ4n) is 3.06. The van der Waals surface area contributed by atoms with E-state index in [2.05, 4.69) is 76.8 Å². The van der Waals surface area contributed by atoms with E-state index in [9.17, 15) is 0 Å². The summed E-state index contributed by atoms with van der Waals surface area (Å²) in [7, 11) is 0. The fourth-order valence-corrected chi connectivity index (χ4v) is 6.38. The molecule has 0 fully saturated rings. The van der Waals surface area contributed by atoms with Crippen LogP contribution in [0.4, 0.5) is 0 Å². The minimum atomic E-state index is -0.0384. The number of nitrogens with zero attached hydrogens (tertiary/aromatic N) is 1. The van der Waals surface area contributed by atoms with Gasteiger partial charge in [-0.05, 0) is 43.7 Å². The van der Waals surface area contributed by atoms with Crippen molar-refractivity contribution >= 4 is 38.6 Å². The Kier molecular flexibility index (Phi) is 4.80. The Balaban J connectivity index is 1.94. The number of para-hydroxylation sites is 1. The summed E-state index contributed by atoms with van der Waals surface area (Å²) >= 11 is 7.29. The first-order chi connectivity index (χ1) is 12.2. The minimum absolute atomic E-state index is 0.0384. The van der Waals surface area contributed by atoms with Crippen molar-refractivity contribution in [1.29, 1.82) is 0 Å². The predicted octanol–water partition coefficient (Wildman–Crippen LogP) is 5.53. The van der Waals surface area contributed by atoms with Crippen LogP contribution in [-0.4, -0.2) is 13.1 Å². The van der Waals surface area contributed by atoms with Gasteiger partial charge in [0.05, 0.1) is 9.75 Å². The van der Waals surface area contributed by atoms with Crippen molar-refractivity contribution in [3.8, 4) is 16.2 Å². The van der Waals surface area contributed by atoms with E-state index in [4.69, 9.17) is 4.74 Å². The molecule has 0 amide bonds. The van der Waals surface area contributed by atoms with Gasteiger partial charge in [-0.1, -0.05) is 62.9 Å². The first-order valence-corrected chi connectivity index (χ1v) is 10.9. The van der Waals surface area contributed by atoms with Gasteiger partial charge in [-0.3, -0.25) is 0 Å². The molecule has 0 N–H and O–H groups in total. The molecule has 0 spiro atoms. The van der Waals surface area contributed by atoms with Crippen molar-refractivity contribution in [1.82, 2.24) is 4.58 Å². The molecule has 2 heterocycles.